The van der Waals surface area contributed by atoms with Crippen LogP contribution in [0.2, 0.25) is 0 Å². The summed E-state index contributed by atoms with van der Waals surface area (Å²) in [5.74, 6) is 2.51. The normalized spacial score (nSPS) is 33.1. The maximum atomic E-state index is 12.3. The summed E-state index contributed by atoms with van der Waals surface area (Å²) in [4.78, 5) is 14.2. The van der Waals surface area contributed by atoms with Crippen LogP contribution in [-0.2, 0) is 4.79 Å². The van der Waals surface area contributed by atoms with Crippen molar-refractivity contribution in [1.29, 1.82) is 0 Å². The minimum Gasteiger partial charge on any atom is -0.339 e. The third kappa shape index (κ3) is 1.97. The maximum Gasteiger partial charge on any atom is 0.226 e. The standard InChI is InChI=1S/C13H22ClNO/c1-13(2,8-14)15(3)12(16)11-9-6-4-5-7-10(9)11/h9-11H,4-8H2,1-3H3. The minimum atomic E-state index is -0.218. The average molecular weight is 244 g/mol. The lowest BCUT2D eigenvalue weighted by atomic mass is 10.0. The van der Waals surface area contributed by atoms with Crippen LogP contribution in [0.25, 0.3) is 0 Å². The van der Waals surface area contributed by atoms with Gasteiger partial charge in [-0.3, -0.25) is 4.79 Å². The summed E-state index contributed by atoms with van der Waals surface area (Å²) in [7, 11) is 1.90. The molecule has 0 aromatic rings. The molecule has 0 bridgehead atoms. The molecule has 2 saturated carbocycles. The van der Waals surface area contributed by atoms with Crippen molar-refractivity contribution in [3.63, 3.8) is 0 Å². The molecule has 2 unspecified atom stereocenters. The first-order valence-electron chi connectivity index (χ1n) is 6.32. The van der Waals surface area contributed by atoms with Gasteiger partial charge in [0.25, 0.3) is 0 Å². The van der Waals surface area contributed by atoms with Crippen LogP contribution in [0.15, 0.2) is 0 Å². The van der Waals surface area contributed by atoms with Crippen LogP contribution in [0.4, 0.5) is 0 Å². The van der Waals surface area contributed by atoms with Gasteiger partial charge >= 0.3 is 0 Å². The van der Waals surface area contributed by atoms with E-state index in [1.54, 1.807) is 0 Å². The molecule has 1 amide bonds. The Morgan fingerprint density at radius 3 is 2.25 bits per heavy atom. The topological polar surface area (TPSA) is 20.3 Å². The second-order valence-electron chi connectivity index (χ2n) is 5.98. The molecule has 0 heterocycles. The molecule has 2 rings (SSSR count). The largest absolute Gasteiger partial charge is 0.339 e. The summed E-state index contributed by atoms with van der Waals surface area (Å²) >= 11 is 5.92. The summed E-state index contributed by atoms with van der Waals surface area (Å²) in [6.07, 6.45) is 5.15. The number of hydrogen-bond donors (Lipinski definition) is 0. The Bertz CT molecular complexity index is 278. The first-order valence-corrected chi connectivity index (χ1v) is 6.86. The van der Waals surface area contributed by atoms with Gasteiger partial charge in [-0.05, 0) is 38.5 Å². The van der Waals surface area contributed by atoms with Gasteiger partial charge in [-0.1, -0.05) is 12.8 Å². The number of carbonyl (C=O) groups is 1. The first kappa shape index (κ1) is 12.2. The van der Waals surface area contributed by atoms with Crippen LogP contribution in [-0.4, -0.2) is 29.3 Å². The number of alkyl halides is 1. The molecular weight excluding hydrogens is 222 g/mol. The van der Waals surface area contributed by atoms with Gasteiger partial charge < -0.3 is 4.90 Å². The number of carbonyl (C=O) groups excluding carboxylic acids is 1. The van der Waals surface area contributed by atoms with Crippen LogP contribution >= 0.6 is 11.6 Å². The number of nitrogens with zero attached hydrogens (tertiary/aromatic N) is 1. The van der Waals surface area contributed by atoms with E-state index < -0.39 is 0 Å². The zero-order valence-corrected chi connectivity index (χ0v) is 11.3. The second-order valence-corrected chi connectivity index (χ2v) is 6.25. The highest BCUT2D eigenvalue weighted by Gasteiger charge is 2.56. The van der Waals surface area contributed by atoms with Gasteiger partial charge in [-0.15, -0.1) is 11.6 Å². The van der Waals surface area contributed by atoms with Crippen molar-refractivity contribution >= 4 is 17.5 Å². The summed E-state index contributed by atoms with van der Waals surface area (Å²) in [5, 5.41) is 0. The van der Waals surface area contributed by atoms with Crippen molar-refractivity contribution in [2.75, 3.05) is 12.9 Å². The number of amides is 1. The van der Waals surface area contributed by atoms with E-state index >= 15 is 0 Å². The van der Waals surface area contributed by atoms with Crippen molar-refractivity contribution in [2.24, 2.45) is 17.8 Å². The van der Waals surface area contributed by atoms with Gasteiger partial charge in [-0.25, -0.2) is 0 Å². The van der Waals surface area contributed by atoms with E-state index in [9.17, 15) is 4.79 Å². The molecule has 0 aromatic heterocycles. The van der Waals surface area contributed by atoms with E-state index in [0.29, 0.717) is 29.5 Å². The summed E-state index contributed by atoms with van der Waals surface area (Å²) in [6.45, 7) is 4.06. The summed E-state index contributed by atoms with van der Waals surface area (Å²) in [6, 6.07) is 0. The molecular formula is C13H22ClNO. The highest BCUT2D eigenvalue weighted by molar-refractivity contribution is 6.18. The van der Waals surface area contributed by atoms with Gasteiger partial charge in [0.2, 0.25) is 5.91 Å². The van der Waals surface area contributed by atoms with Crippen molar-refractivity contribution in [2.45, 2.75) is 45.1 Å². The number of halogens is 1. The molecule has 0 aromatic carbocycles. The fourth-order valence-corrected chi connectivity index (χ4v) is 3.15. The summed E-state index contributed by atoms with van der Waals surface area (Å²) < 4.78 is 0. The van der Waals surface area contributed by atoms with Gasteiger partial charge in [0.1, 0.15) is 0 Å². The Labute approximate surface area is 103 Å². The van der Waals surface area contributed by atoms with E-state index in [1.165, 1.54) is 25.7 Å². The lowest BCUT2D eigenvalue weighted by Gasteiger charge is -2.34. The smallest absolute Gasteiger partial charge is 0.226 e. The predicted molar refractivity (Wildman–Crippen MR) is 66.5 cm³/mol. The molecule has 2 nitrogen and oxygen atoms in total. The molecule has 3 heteroatoms. The zero-order chi connectivity index (χ0) is 11.9. The van der Waals surface area contributed by atoms with E-state index in [-0.39, 0.29) is 5.54 Å². The molecule has 2 aliphatic rings. The number of fused-ring (bicyclic) bond motifs is 1. The van der Waals surface area contributed by atoms with Gasteiger partial charge in [0, 0.05) is 18.8 Å². The molecule has 2 atom stereocenters. The van der Waals surface area contributed by atoms with Crippen LogP contribution in [0.5, 0.6) is 0 Å². The monoisotopic (exact) mass is 243 g/mol. The quantitative estimate of drug-likeness (QED) is 0.698. The SMILES string of the molecule is CN(C(=O)C1C2CCCCC21)C(C)(C)CCl. The number of rotatable bonds is 3. The predicted octanol–water partition coefficient (Wildman–Crippen LogP) is 2.90. The van der Waals surface area contributed by atoms with Crippen LogP contribution < -0.4 is 0 Å². The number of hydrogen-bond acceptors (Lipinski definition) is 1. The lowest BCUT2D eigenvalue weighted by Crippen LogP contribution is -2.47. The Kier molecular flexibility index (Phi) is 3.22. The fourth-order valence-electron chi connectivity index (χ4n) is 2.97. The highest BCUT2D eigenvalue weighted by atomic mass is 35.5. The highest BCUT2D eigenvalue weighted by Crippen LogP contribution is 2.56. The molecule has 2 fully saturated rings. The Morgan fingerprint density at radius 2 is 1.81 bits per heavy atom. The second kappa shape index (κ2) is 4.21. The fraction of sp³-hybridized carbons (Fsp3) is 0.923. The van der Waals surface area contributed by atoms with Crippen molar-refractivity contribution < 1.29 is 4.79 Å². The molecule has 0 saturated heterocycles. The molecule has 16 heavy (non-hydrogen) atoms. The average Bonchev–Trinajstić information content (AvgIpc) is 3.01. The third-order valence-electron chi connectivity index (χ3n) is 4.51. The Hall–Kier alpha value is -0.240. The van der Waals surface area contributed by atoms with E-state index in [2.05, 4.69) is 0 Å². The lowest BCUT2D eigenvalue weighted by molar-refractivity contribution is -0.136. The Balaban J connectivity index is 1.98. The molecule has 0 aliphatic heterocycles. The van der Waals surface area contributed by atoms with Gasteiger partial charge in [0.05, 0.1) is 5.54 Å². The molecule has 2 aliphatic carbocycles. The van der Waals surface area contributed by atoms with Gasteiger partial charge in [0.15, 0.2) is 0 Å². The van der Waals surface area contributed by atoms with Crippen LogP contribution in [0.3, 0.4) is 0 Å². The van der Waals surface area contributed by atoms with Gasteiger partial charge in [-0.2, -0.15) is 0 Å². The van der Waals surface area contributed by atoms with Crippen LogP contribution in [0.1, 0.15) is 39.5 Å². The third-order valence-corrected chi connectivity index (χ3v) is 5.16. The van der Waals surface area contributed by atoms with Crippen LogP contribution in [0, 0.1) is 17.8 Å². The first-order chi connectivity index (χ1) is 7.49. The van der Waals surface area contributed by atoms with Crippen molar-refractivity contribution in [1.82, 2.24) is 4.90 Å². The minimum absolute atomic E-state index is 0.218. The molecule has 0 spiro atoms. The molecule has 0 radical (unpaired) electrons. The van der Waals surface area contributed by atoms with Crippen molar-refractivity contribution in [3.05, 3.63) is 0 Å². The maximum absolute atomic E-state index is 12.3. The van der Waals surface area contributed by atoms with Crippen molar-refractivity contribution in [3.8, 4) is 0 Å². The summed E-state index contributed by atoms with van der Waals surface area (Å²) in [5.41, 5.74) is -0.218. The molecule has 92 valence electrons. The van der Waals surface area contributed by atoms with E-state index in [1.807, 2.05) is 25.8 Å². The zero-order valence-electron chi connectivity index (χ0n) is 10.5. The Morgan fingerprint density at radius 1 is 1.31 bits per heavy atom. The van der Waals surface area contributed by atoms with E-state index in [0.717, 1.165) is 0 Å². The molecule has 0 N–H and O–H groups in total. The van der Waals surface area contributed by atoms with E-state index in [4.69, 9.17) is 11.6 Å².